The molecule has 0 fully saturated rings. The van der Waals surface area contributed by atoms with Crippen LogP contribution < -0.4 is 5.73 Å². The predicted molar refractivity (Wildman–Crippen MR) is 44.0 cm³/mol. The molecule has 0 bridgehead atoms. The van der Waals surface area contributed by atoms with Gasteiger partial charge in [0.1, 0.15) is 12.2 Å². The van der Waals surface area contributed by atoms with E-state index in [1.807, 2.05) is 0 Å². The largest absolute Gasteiger partial charge is 0.482 e. The average Bonchev–Trinajstić information content (AvgIpc) is 2.09. The van der Waals surface area contributed by atoms with Gasteiger partial charge in [-0.05, 0) is 6.08 Å². The molecule has 1 aliphatic heterocycles. The van der Waals surface area contributed by atoms with Crippen LogP contribution >= 0.6 is 0 Å². The van der Waals surface area contributed by atoms with Crippen LogP contribution in [0.4, 0.5) is 0 Å². The van der Waals surface area contributed by atoms with Gasteiger partial charge in [0.05, 0.1) is 6.61 Å². The lowest BCUT2D eigenvalue weighted by Crippen LogP contribution is -2.45. The molecule has 0 saturated heterocycles. The van der Waals surface area contributed by atoms with E-state index in [0.29, 0.717) is 0 Å². The van der Waals surface area contributed by atoms with Crippen molar-refractivity contribution < 1.29 is 20.1 Å². The zero-order valence-electron chi connectivity index (χ0n) is 6.84. The summed E-state index contributed by atoms with van der Waals surface area (Å²) in [6.07, 6.45) is -2.14. The van der Waals surface area contributed by atoms with Gasteiger partial charge >= 0.3 is 0 Å². The van der Waals surface area contributed by atoms with Crippen molar-refractivity contribution in [2.75, 3.05) is 6.61 Å². The normalized spacial score (nSPS) is 33.5. The van der Waals surface area contributed by atoms with Gasteiger partial charge in [0.15, 0.2) is 17.7 Å². The molecular weight excluding hydrogens is 176 g/mol. The Kier molecular flexibility index (Phi) is 2.86. The van der Waals surface area contributed by atoms with E-state index in [0.717, 1.165) is 6.08 Å². The number of hydrogen-bond acceptors (Lipinski definition) is 5. The van der Waals surface area contributed by atoms with Crippen LogP contribution in [0.15, 0.2) is 11.8 Å². The fraction of sp³-hybridized carbons (Fsp3) is 0.571. The molecule has 0 aromatic rings. The maximum absolute atomic E-state index is 9.25. The zero-order chi connectivity index (χ0) is 10.0. The number of amidine groups is 1. The Morgan fingerprint density at radius 1 is 1.62 bits per heavy atom. The van der Waals surface area contributed by atoms with Crippen molar-refractivity contribution in [1.29, 1.82) is 5.41 Å². The monoisotopic (exact) mass is 188 g/mol. The van der Waals surface area contributed by atoms with Gasteiger partial charge in [-0.2, -0.15) is 0 Å². The quantitative estimate of drug-likeness (QED) is 0.251. The van der Waals surface area contributed by atoms with E-state index in [-0.39, 0.29) is 11.6 Å². The molecule has 3 atom stereocenters. The van der Waals surface area contributed by atoms with E-state index >= 15 is 0 Å². The van der Waals surface area contributed by atoms with Gasteiger partial charge in [-0.1, -0.05) is 0 Å². The molecule has 1 heterocycles. The summed E-state index contributed by atoms with van der Waals surface area (Å²) in [5, 5.41) is 34.2. The Morgan fingerprint density at radius 3 is 2.69 bits per heavy atom. The van der Waals surface area contributed by atoms with E-state index in [2.05, 4.69) is 0 Å². The van der Waals surface area contributed by atoms with Gasteiger partial charge in [-0.25, -0.2) is 0 Å². The Hall–Kier alpha value is -1.11. The fourth-order valence-corrected chi connectivity index (χ4v) is 1.04. The minimum absolute atomic E-state index is 0.0168. The molecule has 1 rings (SSSR count). The second kappa shape index (κ2) is 3.73. The Morgan fingerprint density at radius 2 is 2.23 bits per heavy atom. The third kappa shape index (κ3) is 1.97. The highest BCUT2D eigenvalue weighted by atomic mass is 16.5. The van der Waals surface area contributed by atoms with Crippen LogP contribution in [0.25, 0.3) is 0 Å². The highest BCUT2D eigenvalue weighted by molar-refractivity contribution is 5.92. The van der Waals surface area contributed by atoms with Crippen molar-refractivity contribution in [2.24, 2.45) is 5.73 Å². The molecule has 0 spiro atoms. The maximum Gasteiger partial charge on any atom is 0.160 e. The van der Waals surface area contributed by atoms with Gasteiger partial charge in [-0.3, -0.25) is 5.41 Å². The number of nitrogens with one attached hydrogen (secondary N) is 1. The van der Waals surface area contributed by atoms with Crippen LogP contribution in [-0.4, -0.2) is 46.1 Å². The number of nitrogens with two attached hydrogens (primary N) is 1. The van der Waals surface area contributed by atoms with Crippen LogP contribution in [0, 0.1) is 5.41 Å². The van der Waals surface area contributed by atoms with Crippen molar-refractivity contribution in [3.05, 3.63) is 11.8 Å². The summed E-state index contributed by atoms with van der Waals surface area (Å²) in [7, 11) is 0. The molecule has 13 heavy (non-hydrogen) atoms. The highest BCUT2D eigenvalue weighted by Crippen LogP contribution is 2.17. The average molecular weight is 188 g/mol. The molecule has 0 radical (unpaired) electrons. The van der Waals surface area contributed by atoms with Crippen molar-refractivity contribution >= 4 is 5.84 Å². The van der Waals surface area contributed by atoms with Crippen LogP contribution in [0.5, 0.6) is 0 Å². The molecule has 6 N–H and O–H groups in total. The van der Waals surface area contributed by atoms with Crippen molar-refractivity contribution in [2.45, 2.75) is 18.3 Å². The SMILES string of the molecule is N=C(N)C1=C[C@@H](O)[C@@H](O)[C@@H](CO)O1. The van der Waals surface area contributed by atoms with E-state index in [9.17, 15) is 10.2 Å². The fourth-order valence-electron chi connectivity index (χ4n) is 1.04. The minimum atomic E-state index is -1.19. The molecule has 0 unspecified atom stereocenters. The lowest BCUT2D eigenvalue weighted by Gasteiger charge is -2.30. The summed E-state index contributed by atoms with van der Waals surface area (Å²) < 4.78 is 4.93. The van der Waals surface area contributed by atoms with Crippen molar-refractivity contribution in [3.8, 4) is 0 Å². The molecule has 0 saturated carbocycles. The first kappa shape index (κ1) is 9.97. The van der Waals surface area contributed by atoms with Crippen LogP contribution in [0.3, 0.4) is 0 Å². The van der Waals surface area contributed by atoms with Crippen LogP contribution in [0.2, 0.25) is 0 Å². The number of aliphatic hydroxyl groups excluding tert-OH is 3. The standard InChI is InChI=1S/C7H12N2O4/c8-7(9)4-1-3(11)6(12)5(2-10)13-4/h1,3,5-6,10-12H,2H2,(H3,8,9)/t3-,5-,6-/m1/s1. The predicted octanol–water partition coefficient (Wildman–Crippen LogP) is -2.08. The summed E-state index contributed by atoms with van der Waals surface area (Å²) in [6.45, 7) is -0.442. The maximum atomic E-state index is 9.25. The third-order valence-electron chi connectivity index (χ3n) is 1.78. The van der Waals surface area contributed by atoms with E-state index < -0.39 is 24.9 Å². The first-order valence-electron chi connectivity index (χ1n) is 3.76. The summed E-state index contributed by atoms with van der Waals surface area (Å²) in [4.78, 5) is 0. The zero-order valence-corrected chi connectivity index (χ0v) is 6.84. The Labute approximate surface area is 74.8 Å². The molecular formula is C7H12N2O4. The molecule has 0 aliphatic carbocycles. The molecule has 0 amide bonds. The number of ether oxygens (including phenoxy) is 1. The van der Waals surface area contributed by atoms with Gasteiger partial charge in [0.25, 0.3) is 0 Å². The Bertz CT molecular complexity index is 241. The molecule has 6 heteroatoms. The summed E-state index contributed by atoms with van der Waals surface area (Å²) >= 11 is 0. The molecule has 1 aliphatic rings. The minimum Gasteiger partial charge on any atom is -0.482 e. The van der Waals surface area contributed by atoms with Crippen LogP contribution in [-0.2, 0) is 4.74 Å². The van der Waals surface area contributed by atoms with Crippen molar-refractivity contribution in [3.63, 3.8) is 0 Å². The van der Waals surface area contributed by atoms with E-state index in [4.69, 9.17) is 21.0 Å². The summed E-state index contributed by atoms with van der Waals surface area (Å²) in [5.41, 5.74) is 5.11. The molecule has 74 valence electrons. The van der Waals surface area contributed by atoms with Gasteiger partial charge in [0, 0.05) is 0 Å². The summed E-state index contributed by atoms with van der Waals surface area (Å²) in [6, 6.07) is 0. The number of aliphatic hydroxyl groups is 3. The van der Waals surface area contributed by atoms with Gasteiger partial charge in [-0.15, -0.1) is 0 Å². The lowest BCUT2D eigenvalue weighted by atomic mass is 10.0. The topological polar surface area (TPSA) is 120 Å². The Balaban J connectivity index is 2.81. The number of rotatable bonds is 2. The molecule has 0 aromatic carbocycles. The lowest BCUT2D eigenvalue weighted by molar-refractivity contribution is -0.0860. The molecule has 6 nitrogen and oxygen atoms in total. The van der Waals surface area contributed by atoms with Crippen molar-refractivity contribution in [1.82, 2.24) is 0 Å². The summed E-state index contributed by atoms with van der Waals surface area (Å²) in [5.74, 6) is -0.360. The van der Waals surface area contributed by atoms with E-state index in [1.165, 1.54) is 0 Å². The smallest absolute Gasteiger partial charge is 0.160 e. The van der Waals surface area contributed by atoms with Gasteiger partial charge < -0.3 is 25.8 Å². The highest BCUT2D eigenvalue weighted by Gasteiger charge is 2.32. The third-order valence-corrected chi connectivity index (χ3v) is 1.78. The van der Waals surface area contributed by atoms with E-state index in [1.54, 1.807) is 0 Å². The second-order valence-electron chi connectivity index (χ2n) is 2.76. The molecule has 0 aromatic heterocycles. The van der Waals surface area contributed by atoms with Crippen LogP contribution in [0.1, 0.15) is 0 Å². The second-order valence-corrected chi connectivity index (χ2v) is 2.76. The first-order valence-corrected chi connectivity index (χ1v) is 3.76. The van der Waals surface area contributed by atoms with Gasteiger partial charge in [0.2, 0.25) is 0 Å². The first-order chi connectivity index (χ1) is 6.06. The number of hydrogen-bond donors (Lipinski definition) is 5.